The molecule has 0 saturated carbocycles. The van der Waals surface area contributed by atoms with Gasteiger partial charge >= 0.3 is 0 Å². The number of carbonyl (C=O) groups excluding carboxylic acids is 1. The van der Waals surface area contributed by atoms with E-state index < -0.39 is 0 Å². The number of anilines is 1. The fourth-order valence-corrected chi connectivity index (χ4v) is 3.77. The fourth-order valence-electron chi connectivity index (χ4n) is 2.82. The van der Waals surface area contributed by atoms with Gasteiger partial charge in [0.15, 0.2) is 11.0 Å². The summed E-state index contributed by atoms with van der Waals surface area (Å²) in [5.74, 6) is 1.03. The van der Waals surface area contributed by atoms with Crippen LogP contribution in [-0.4, -0.2) is 33.0 Å². The van der Waals surface area contributed by atoms with E-state index in [-0.39, 0.29) is 11.7 Å². The molecule has 144 valence electrons. The zero-order valence-electron chi connectivity index (χ0n) is 15.6. The molecule has 0 radical (unpaired) electrons. The Labute approximate surface area is 174 Å². The quantitative estimate of drug-likeness (QED) is 0.389. The van der Waals surface area contributed by atoms with Crippen molar-refractivity contribution in [1.82, 2.24) is 14.8 Å². The Morgan fingerprint density at radius 2 is 1.89 bits per heavy atom. The molecule has 0 unspecified atom stereocenters. The molecule has 0 bridgehead atoms. The molecule has 1 amide bonds. The molecule has 1 aromatic heterocycles. The molecule has 0 spiro atoms. The zero-order chi connectivity index (χ0) is 19.9. The Kier molecular flexibility index (Phi) is 6.90. The van der Waals surface area contributed by atoms with E-state index in [1.165, 1.54) is 11.8 Å². The number of para-hydroxylation sites is 1. The second-order valence-electron chi connectivity index (χ2n) is 5.97. The van der Waals surface area contributed by atoms with Crippen molar-refractivity contribution in [2.45, 2.75) is 18.6 Å². The number of thioether (sulfide) groups is 1. The minimum Gasteiger partial charge on any atom is -0.312 e. The van der Waals surface area contributed by atoms with Gasteiger partial charge in [0.25, 0.3) is 0 Å². The number of halogens is 1. The summed E-state index contributed by atoms with van der Waals surface area (Å²) in [6, 6.07) is 17.1. The lowest BCUT2D eigenvalue weighted by Gasteiger charge is -2.20. The first kappa shape index (κ1) is 20.2. The monoisotopic (exact) mass is 412 g/mol. The molecule has 0 aliphatic rings. The van der Waals surface area contributed by atoms with Gasteiger partial charge in [-0.25, -0.2) is 0 Å². The van der Waals surface area contributed by atoms with Crippen LogP contribution in [0, 0.1) is 0 Å². The van der Waals surface area contributed by atoms with Crippen molar-refractivity contribution in [3.8, 4) is 11.4 Å². The van der Waals surface area contributed by atoms with E-state index in [0.717, 1.165) is 17.1 Å². The number of aromatic nitrogens is 3. The number of hydrogen-bond donors (Lipinski definition) is 0. The van der Waals surface area contributed by atoms with Crippen molar-refractivity contribution in [2.24, 2.45) is 0 Å². The standard InChI is InChI=1S/C21H21ClN4OS/c1-3-14-26-20(16-10-12-17(22)13-11-16)23-24-21(26)28-15-19(27)25(4-2)18-8-6-5-7-9-18/h3,5-13H,1,4,14-15H2,2H3. The third-order valence-electron chi connectivity index (χ3n) is 4.14. The number of rotatable bonds is 8. The van der Waals surface area contributed by atoms with Gasteiger partial charge in [0.2, 0.25) is 5.91 Å². The molecule has 3 aromatic rings. The lowest BCUT2D eigenvalue weighted by atomic mass is 10.2. The van der Waals surface area contributed by atoms with Crippen molar-refractivity contribution in [3.05, 3.63) is 72.3 Å². The van der Waals surface area contributed by atoms with Gasteiger partial charge in [0.05, 0.1) is 5.75 Å². The molecular weight excluding hydrogens is 392 g/mol. The molecule has 0 N–H and O–H groups in total. The molecule has 0 saturated heterocycles. The highest BCUT2D eigenvalue weighted by Crippen LogP contribution is 2.26. The van der Waals surface area contributed by atoms with E-state index in [9.17, 15) is 4.79 Å². The molecule has 28 heavy (non-hydrogen) atoms. The van der Waals surface area contributed by atoms with Crippen LogP contribution < -0.4 is 4.90 Å². The number of hydrogen-bond acceptors (Lipinski definition) is 4. The molecule has 0 aliphatic carbocycles. The van der Waals surface area contributed by atoms with E-state index in [4.69, 9.17) is 11.6 Å². The van der Waals surface area contributed by atoms with Gasteiger partial charge in [0.1, 0.15) is 0 Å². The summed E-state index contributed by atoms with van der Waals surface area (Å²) in [5.41, 5.74) is 1.81. The molecule has 0 aliphatic heterocycles. The number of allylic oxidation sites excluding steroid dienone is 1. The molecule has 7 heteroatoms. The summed E-state index contributed by atoms with van der Waals surface area (Å²) in [6.45, 7) is 6.95. The van der Waals surface area contributed by atoms with Crippen molar-refractivity contribution in [1.29, 1.82) is 0 Å². The molecule has 0 atom stereocenters. The van der Waals surface area contributed by atoms with Crippen LogP contribution in [0.5, 0.6) is 0 Å². The van der Waals surface area contributed by atoms with Crippen LogP contribution >= 0.6 is 23.4 Å². The average molecular weight is 413 g/mol. The smallest absolute Gasteiger partial charge is 0.237 e. The van der Waals surface area contributed by atoms with Crippen molar-refractivity contribution >= 4 is 35.0 Å². The summed E-state index contributed by atoms with van der Waals surface area (Å²) in [5, 5.41) is 9.95. The Bertz CT molecular complexity index is 941. The van der Waals surface area contributed by atoms with E-state index in [1.54, 1.807) is 11.0 Å². The van der Waals surface area contributed by atoms with E-state index in [1.807, 2.05) is 66.1 Å². The zero-order valence-corrected chi connectivity index (χ0v) is 17.2. The Morgan fingerprint density at radius 3 is 2.54 bits per heavy atom. The van der Waals surface area contributed by atoms with Gasteiger partial charge in [-0.1, -0.05) is 47.6 Å². The normalized spacial score (nSPS) is 10.6. The third-order valence-corrected chi connectivity index (χ3v) is 5.34. The second kappa shape index (κ2) is 9.57. The van der Waals surface area contributed by atoms with Crippen LogP contribution in [0.4, 0.5) is 5.69 Å². The highest BCUT2D eigenvalue weighted by atomic mass is 35.5. The number of amides is 1. The van der Waals surface area contributed by atoms with Gasteiger partial charge in [0, 0.05) is 29.4 Å². The van der Waals surface area contributed by atoms with Gasteiger partial charge in [-0.3, -0.25) is 9.36 Å². The maximum Gasteiger partial charge on any atom is 0.237 e. The first-order chi connectivity index (χ1) is 13.6. The van der Waals surface area contributed by atoms with Crippen molar-refractivity contribution < 1.29 is 4.79 Å². The van der Waals surface area contributed by atoms with Crippen LogP contribution in [0.15, 0.2) is 72.4 Å². The Morgan fingerprint density at radius 1 is 1.18 bits per heavy atom. The fraction of sp³-hybridized carbons (Fsp3) is 0.190. The van der Waals surface area contributed by atoms with Gasteiger partial charge in [-0.05, 0) is 43.3 Å². The molecule has 3 rings (SSSR count). The molecular formula is C21H21ClN4OS. The lowest BCUT2D eigenvalue weighted by molar-refractivity contribution is -0.116. The highest BCUT2D eigenvalue weighted by Gasteiger charge is 2.18. The second-order valence-corrected chi connectivity index (χ2v) is 7.35. The summed E-state index contributed by atoms with van der Waals surface area (Å²) in [6.07, 6.45) is 1.79. The largest absolute Gasteiger partial charge is 0.312 e. The van der Waals surface area contributed by atoms with Crippen molar-refractivity contribution in [2.75, 3.05) is 17.2 Å². The molecule has 2 aromatic carbocycles. The van der Waals surface area contributed by atoms with Crippen LogP contribution in [-0.2, 0) is 11.3 Å². The maximum absolute atomic E-state index is 12.7. The average Bonchev–Trinajstić information content (AvgIpc) is 3.11. The van der Waals surface area contributed by atoms with Gasteiger partial charge < -0.3 is 4.90 Å². The predicted molar refractivity (Wildman–Crippen MR) is 116 cm³/mol. The first-order valence-corrected chi connectivity index (χ1v) is 10.3. The Hall–Kier alpha value is -2.57. The molecule has 0 fully saturated rings. The maximum atomic E-state index is 12.7. The Balaban J connectivity index is 1.77. The lowest BCUT2D eigenvalue weighted by Crippen LogP contribution is -2.32. The van der Waals surface area contributed by atoms with Crippen LogP contribution in [0.3, 0.4) is 0 Å². The summed E-state index contributed by atoms with van der Waals surface area (Å²) >= 11 is 7.35. The van der Waals surface area contributed by atoms with Crippen LogP contribution in [0.25, 0.3) is 11.4 Å². The van der Waals surface area contributed by atoms with Crippen LogP contribution in [0.1, 0.15) is 6.92 Å². The van der Waals surface area contributed by atoms with Gasteiger partial charge in [-0.2, -0.15) is 0 Å². The molecule has 1 heterocycles. The minimum absolute atomic E-state index is 0.0277. The third kappa shape index (κ3) is 4.64. The first-order valence-electron chi connectivity index (χ1n) is 8.92. The number of carbonyl (C=O) groups is 1. The SMILES string of the molecule is C=CCn1c(SCC(=O)N(CC)c2ccccc2)nnc1-c1ccc(Cl)cc1. The topological polar surface area (TPSA) is 51.0 Å². The summed E-state index contributed by atoms with van der Waals surface area (Å²) in [7, 11) is 0. The number of benzene rings is 2. The van der Waals surface area contributed by atoms with E-state index in [0.29, 0.717) is 23.3 Å². The van der Waals surface area contributed by atoms with E-state index in [2.05, 4.69) is 16.8 Å². The summed E-state index contributed by atoms with van der Waals surface area (Å²) in [4.78, 5) is 14.5. The number of nitrogens with zero attached hydrogens (tertiary/aromatic N) is 4. The summed E-state index contributed by atoms with van der Waals surface area (Å²) < 4.78 is 1.95. The van der Waals surface area contributed by atoms with E-state index >= 15 is 0 Å². The minimum atomic E-state index is 0.0277. The molecule has 5 nitrogen and oxygen atoms in total. The van der Waals surface area contributed by atoms with Crippen LogP contribution in [0.2, 0.25) is 5.02 Å². The van der Waals surface area contributed by atoms with Gasteiger partial charge in [-0.15, -0.1) is 16.8 Å². The predicted octanol–water partition coefficient (Wildman–Crippen LogP) is 4.93. The highest BCUT2D eigenvalue weighted by molar-refractivity contribution is 7.99. The van der Waals surface area contributed by atoms with Crippen molar-refractivity contribution in [3.63, 3.8) is 0 Å².